The molecule has 0 heterocycles. The Morgan fingerprint density at radius 1 is 1.09 bits per heavy atom. The van der Waals surface area contributed by atoms with Gasteiger partial charge in [0.25, 0.3) is 0 Å². The SMILES string of the molecule is CCCCCCNC(=NC)NCc1ccc(OC)cc1OC. The van der Waals surface area contributed by atoms with Crippen LogP contribution in [0.15, 0.2) is 23.2 Å². The van der Waals surface area contributed by atoms with Crippen molar-refractivity contribution < 1.29 is 9.47 Å². The summed E-state index contributed by atoms with van der Waals surface area (Å²) in [5.74, 6) is 2.42. The highest BCUT2D eigenvalue weighted by Gasteiger charge is 2.06. The summed E-state index contributed by atoms with van der Waals surface area (Å²) < 4.78 is 10.6. The van der Waals surface area contributed by atoms with Crippen LogP contribution < -0.4 is 20.1 Å². The first-order valence-corrected chi connectivity index (χ1v) is 7.90. The number of nitrogens with one attached hydrogen (secondary N) is 2. The van der Waals surface area contributed by atoms with Crippen LogP contribution in [0.1, 0.15) is 38.2 Å². The first kappa shape index (κ1) is 18.1. The lowest BCUT2D eigenvalue weighted by atomic mass is 10.2. The Morgan fingerprint density at radius 2 is 1.91 bits per heavy atom. The molecule has 1 rings (SSSR count). The number of benzene rings is 1. The van der Waals surface area contributed by atoms with Gasteiger partial charge in [0.15, 0.2) is 5.96 Å². The predicted octanol–water partition coefficient (Wildman–Crippen LogP) is 2.95. The van der Waals surface area contributed by atoms with E-state index in [2.05, 4.69) is 22.5 Å². The van der Waals surface area contributed by atoms with Gasteiger partial charge in [0.1, 0.15) is 11.5 Å². The van der Waals surface area contributed by atoms with Crippen molar-refractivity contribution in [2.45, 2.75) is 39.2 Å². The molecule has 1 aromatic carbocycles. The summed E-state index contributed by atoms with van der Waals surface area (Å²) in [6, 6.07) is 5.82. The summed E-state index contributed by atoms with van der Waals surface area (Å²) in [6.45, 7) is 3.82. The second-order valence-electron chi connectivity index (χ2n) is 5.09. The first-order chi connectivity index (χ1) is 10.7. The van der Waals surface area contributed by atoms with Gasteiger partial charge in [-0.05, 0) is 18.6 Å². The van der Waals surface area contributed by atoms with E-state index in [1.54, 1.807) is 21.3 Å². The molecule has 0 saturated heterocycles. The zero-order valence-electron chi connectivity index (χ0n) is 14.2. The van der Waals surface area contributed by atoms with Gasteiger partial charge in [-0.25, -0.2) is 0 Å². The van der Waals surface area contributed by atoms with E-state index in [-0.39, 0.29) is 0 Å². The Kier molecular flexibility index (Phi) is 8.88. The van der Waals surface area contributed by atoms with Crippen LogP contribution in [0.25, 0.3) is 0 Å². The van der Waals surface area contributed by atoms with Gasteiger partial charge in [-0.1, -0.05) is 26.2 Å². The summed E-state index contributed by atoms with van der Waals surface area (Å²) in [4.78, 5) is 4.24. The number of ether oxygens (including phenoxy) is 2. The summed E-state index contributed by atoms with van der Waals surface area (Å²) in [6.07, 6.45) is 4.97. The molecule has 22 heavy (non-hydrogen) atoms. The Labute approximate surface area is 134 Å². The highest BCUT2D eigenvalue weighted by Crippen LogP contribution is 2.24. The Bertz CT molecular complexity index is 461. The summed E-state index contributed by atoms with van der Waals surface area (Å²) in [5, 5.41) is 6.64. The van der Waals surface area contributed by atoms with Crippen molar-refractivity contribution in [3.05, 3.63) is 23.8 Å². The molecule has 0 amide bonds. The summed E-state index contributed by atoms with van der Waals surface area (Å²) in [5.41, 5.74) is 1.07. The van der Waals surface area contributed by atoms with Gasteiger partial charge in [0.2, 0.25) is 0 Å². The monoisotopic (exact) mass is 307 g/mol. The van der Waals surface area contributed by atoms with E-state index in [1.807, 2.05) is 18.2 Å². The van der Waals surface area contributed by atoms with E-state index in [0.29, 0.717) is 6.54 Å². The smallest absolute Gasteiger partial charge is 0.191 e. The normalized spacial score (nSPS) is 11.2. The molecule has 0 aliphatic heterocycles. The van der Waals surface area contributed by atoms with Gasteiger partial charge in [-0.3, -0.25) is 4.99 Å². The van der Waals surface area contributed by atoms with Crippen molar-refractivity contribution in [1.82, 2.24) is 10.6 Å². The molecule has 0 saturated carbocycles. The maximum atomic E-state index is 5.40. The van der Waals surface area contributed by atoms with Crippen LogP contribution in [0, 0.1) is 0 Å². The molecule has 0 atom stereocenters. The van der Waals surface area contributed by atoms with Gasteiger partial charge >= 0.3 is 0 Å². The maximum absolute atomic E-state index is 5.40. The zero-order chi connectivity index (χ0) is 16.2. The van der Waals surface area contributed by atoms with Crippen LogP contribution in [0.2, 0.25) is 0 Å². The van der Waals surface area contributed by atoms with Crippen molar-refractivity contribution in [3.8, 4) is 11.5 Å². The van der Waals surface area contributed by atoms with Crippen LogP contribution >= 0.6 is 0 Å². The maximum Gasteiger partial charge on any atom is 0.191 e. The Balaban J connectivity index is 2.46. The van der Waals surface area contributed by atoms with Crippen LogP contribution in [0.4, 0.5) is 0 Å². The molecule has 0 radical (unpaired) electrons. The molecular formula is C17H29N3O2. The number of nitrogens with zero attached hydrogens (tertiary/aromatic N) is 1. The topological polar surface area (TPSA) is 54.9 Å². The Morgan fingerprint density at radius 3 is 2.55 bits per heavy atom. The van der Waals surface area contributed by atoms with Crippen LogP contribution in [0.3, 0.4) is 0 Å². The highest BCUT2D eigenvalue weighted by molar-refractivity contribution is 5.79. The minimum Gasteiger partial charge on any atom is -0.497 e. The minimum atomic E-state index is 0.655. The molecule has 0 aliphatic carbocycles. The van der Waals surface area contributed by atoms with Crippen molar-refractivity contribution in [2.75, 3.05) is 27.8 Å². The lowest BCUT2D eigenvalue weighted by Crippen LogP contribution is -2.37. The molecule has 5 nitrogen and oxygen atoms in total. The third-order valence-electron chi connectivity index (χ3n) is 3.49. The average Bonchev–Trinajstić information content (AvgIpc) is 2.57. The minimum absolute atomic E-state index is 0.655. The number of aliphatic imine (C=N–C) groups is 1. The fraction of sp³-hybridized carbons (Fsp3) is 0.588. The highest BCUT2D eigenvalue weighted by atomic mass is 16.5. The number of guanidine groups is 1. The lowest BCUT2D eigenvalue weighted by molar-refractivity contribution is 0.390. The van der Waals surface area contributed by atoms with Crippen molar-refractivity contribution in [2.24, 2.45) is 4.99 Å². The number of unbranched alkanes of at least 4 members (excludes halogenated alkanes) is 3. The second kappa shape index (κ2) is 10.8. The van der Waals surface area contributed by atoms with Gasteiger partial charge in [0.05, 0.1) is 14.2 Å². The van der Waals surface area contributed by atoms with E-state index in [9.17, 15) is 0 Å². The number of hydrogen-bond acceptors (Lipinski definition) is 3. The average molecular weight is 307 g/mol. The molecule has 0 aliphatic rings. The van der Waals surface area contributed by atoms with Crippen molar-refractivity contribution in [3.63, 3.8) is 0 Å². The Hall–Kier alpha value is -1.91. The second-order valence-corrected chi connectivity index (χ2v) is 5.09. The predicted molar refractivity (Wildman–Crippen MR) is 91.9 cm³/mol. The molecule has 5 heteroatoms. The van der Waals surface area contributed by atoms with E-state index in [4.69, 9.17) is 9.47 Å². The van der Waals surface area contributed by atoms with Gasteiger partial charge < -0.3 is 20.1 Å². The van der Waals surface area contributed by atoms with Gasteiger partial charge in [-0.15, -0.1) is 0 Å². The fourth-order valence-corrected chi connectivity index (χ4v) is 2.16. The standard InChI is InChI=1S/C17H29N3O2/c1-5-6-7-8-11-19-17(18-2)20-13-14-9-10-15(21-3)12-16(14)22-4/h9-10,12H,5-8,11,13H2,1-4H3,(H2,18,19,20). The van der Waals surface area contributed by atoms with Crippen LogP contribution in [-0.4, -0.2) is 33.8 Å². The van der Waals surface area contributed by atoms with Crippen LogP contribution in [-0.2, 0) is 6.54 Å². The third-order valence-corrected chi connectivity index (χ3v) is 3.49. The zero-order valence-corrected chi connectivity index (χ0v) is 14.2. The molecule has 0 spiro atoms. The van der Waals surface area contributed by atoms with Gasteiger partial charge in [-0.2, -0.15) is 0 Å². The fourth-order valence-electron chi connectivity index (χ4n) is 2.16. The van der Waals surface area contributed by atoms with Crippen LogP contribution in [0.5, 0.6) is 11.5 Å². The van der Waals surface area contributed by atoms with Gasteiger partial charge in [0, 0.05) is 31.8 Å². The van der Waals surface area contributed by atoms with E-state index in [1.165, 1.54) is 25.7 Å². The molecule has 0 aromatic heterocycles. The van der Waals surface area contributed by atoms with Crippen molar-refractivity contribution >= 4 is 5.96 Å². The molecule has 1 aromatic rings. The molecule has 0 bridgehead atoms. The molecule has 0 unspecified atom stereocenters. The van der Waals surface area contributed by atoms with Crippen molar-refractivity contribution in [1.29, 1.82) is 0 Å². The van der Waals surface area contributed by atoms with E-state index in [0.717, 1.165) is 29.6 Å². The molecule has 0 fully saturated rings. The number of hydrogen-bond donors (Lipinski definition) is 2. The number of rotatable bonds is 9. The van der Waals surface area contributed by atoms with E-state index < -0.39 is 0 Å². The third kappa shape index (κ3) is 6.24. The summed E-state index contributed by atoms with van der Waals surface area (Å²) in [7, 11) is 5.10. The lowest BCUT2D eigenvalue weighted by Gasteiger charge is -2.14. The molecular weight excluding hydrogens is 278 g/mol. The largest absolute Gasteiger partial charge is 0.497 e. The first-order valence-electron chi connectivity index (χ1n) is 7.90. The molecule has 2 N–H and O–H groups in total. The quantitative estimate of drug-likeness (QED) is 0.418. The molecule has 124 valence electrons. The van der Waals surface area contributed by atoms with E-state index >= 15 is 0 Å². The number of methoxy groups -OCH3 is 2. The summed E-state index contributed by atoms with van der Waals surface area (Å²) >= 11 is 0.